The van der Waals surface area contributed by atoms with Crippen LogP contribution in [0, 0.1) is 5.82 Å². The summed E-state index contributed by atoms with van der Waals surface area (Å²) in [5.74, 6) is -0.724. The van der Waals surface area contributed by atoms with Crippen LogP contribution in [0.3, 0.4) is 0 Å². The second kappa shape index (κ2) is 12.4. The molecular weight excluding hydrogens is 549 g/mol. The van der Waals surface area contributed by atoms with Crippen LogP contribution in [0.1, 0.15) is 39.3 Å². The number of hydrogen-bond acceptors (Lipinski definition) is 7. The third-order valence-electron chi connectivity index (χ3n) is 6.48. The van der Waals surface area contributed by atoms with Crippen molar-refractivity contribution in [2.75, 3.05) is 11.5 Å². The average Bonchev–Trinajstić information content (AvgIpc) is 3.43. The van der Waals surface area contributed by atoms with E-state index in [2.05, 4.69) is 25.7 Å². The van der Waals surface area contributed by atoms with Crippen molar-refractivity contribution in [3.63, 3.8) is 0 Å². The molecule has 0 fully saturated rings. The summed E-state index contributed by atoms with van der Waals surface area (Å²) >= 11 is 0. The first kappa shape index (κ1) is 29.3. The highest BCUT2D eigenvalue weighted by molar-refractivity contribution is 6.02. The number of rotatable bonds is 9. The van der Waals surface area contributed by atoms with E-state index in [-0.39, 0.29) is 17.9 Å². The molecule has 0 aliphatic carbocycles. The van der Waals surface area contributed by atoms with E-state index in [9.17, 15) is 14.0 Å². The quantitative estimate of drug-likeness (QED) is 0.257. The number of anilines is 1. The van der Waals surface area contributed by atoms with Crippen molar-refractivity contribution in [3.8, 4) is 17.1 Å². The van der Waals surface area contributed by atoms with Crippen LogP contribution >= 0.6 is 0 Å². The molecule has 0 saturated carbocycles. The molecule has 0 unspecified atom stereocenters. The summed E-state index contributed by atoms with van der Waals surface area (Å²) in [7, 11) is 0. The van der Waals surface area contributed by atoms with Gasteiger partial charge in [0.05, 0.1) is 29.6 Å². The molecule has 0 aliphatic heterocycles. The molecule has 0 spiro atoms. The summed E-state index contributed by atoms with van der Waals surface area (Å²) in [4.78, 5) is 35.2. The Kier molecular flexibility index (Phi) is 8.42. The van der Waals surface area contributed by atoms with Crippen molar-refractivity contribution in [2.24, 2.45) is 0 Å². The van der Waals surface area contributed by atoms with E-state index in [0.717, 1.165) is 15.7 Å². The highest BCUT2D eigenvalue weighted by Crippen LogP contribution is 2.31. The first-order chi connectivity index (χ1) is 20.6. The maximum atomic E-state index is 14.4. The zero-order chi connectivity index (χ0) is 30.6. The molecule has 0 radical (unpaired) electrons. The molecule has 2 amide bonds. The third-order valence-corrected chi connectivity index (χ3v) is 6.48. The molecule has 5 aromatic rings. The Morgan fingerprint density at radius 3 is 2.47 bits per heavy atom. The van der Waals surface area contributed by atoms with Crippen LogP contribution in [0.2, 0.25) is 0 Å². The molecule has 11 heteroatoms. The van der Waals surface area contributed by atoms with Crippen molar-refractivity contribution in [1.29, 1.82) is 0 Å². The lowest BCUT2D eigenvalue weighted by Gasteiger charge is -2.33. The first-order valence-corrected chi connectivity index (χ1v) is 13.9. The molecule has 220 valence electrons. The van der Waals surface area contributed by atoms with Crippen molar-refractivity contribution in [1.82, 2.24) is 30.5 Å². The fourth-order valence-electron chi connectivity index (χ4n) is 4.65. The van der Waals surface area contributed by atoms with Crippen molar-refractivity contribution >= 4 is 28.4 Å². The number of carbonyl (C=O) groups is 2. The summed E-state index contributed by atoms with van der Waals surface area (Å²) in [5, 5.41) is 16.0. The summed E-state index contributed by atoms with van der Waals surface area (Å²) < 4.78 is 20.0. The van der Waals surface area contributed by atoms with Gasteiger partial charge in [0.2, 0.25) is 11.7 Å². The minimum atomic E-state index is -1.08. The highest BCUT2D eigenvalue weighted by Gasteiger charge is 2.35. The van der Waals surface area contributed by atoms with Gasteiger partial charge in [-0.25, -0.2) is 4.39 Å². The van der Waals surface area contributed by atoms with Crippen molar-refractivity contribution in [2.45, 2.75) is 45.8 Å². The fourth-order valence-corrected chi connectivity index (χ4v) is 4.65. The van der Waals surface area contributed by atoms with Crippen LogP contribution in [0.5, 0.6) is 5.75 Å². The van der Waals surface area contributed by atoms with Crippen molar-refractivity contribution < 1.29 is 18.7 Å². The van der Waals surface area contributed by atoms with E-state index in [0.29, 0.717) is 23.6 Å². The lowest BCUT2D eigenvalue weighted by molar-refractivity contribution is -0.128. The van der Waals surface area contributed by atoms with Gasteiger partial charge in [-0.3, -0.25) is 19.5 Å². The Labute approximate surface area is 248 Å². The fraction of sp³-hybridized carbons (Fsp3) is 0.250. The van der Waals surface area contributed by atoms with Gasteiger partial charge in [0, 0.05) is 10.9 Å². The number of hydrogen-bond donors (Lipinski definition) is 1. The standard InChI is InChI=1S/C32H32FN7O3/c1-5-43-24-16-14-21(15-17-24)29(31(42)35-32(2,3)4)40(23-18-22-10-6-9-13-27(22)34-19-23)28(41)20-39-37-30(36-38-39)25-11-7-8-12-26(25)33/h6-19,29H,5,20H2,1-4H3,(H,35,42)/t29-/m1/s1. The van der Waals surface area contributed by atoms with Crippen LogP contribution in [0.15, 0.2) is 85.1 Å². The highest BCUT2D eigenvalue weighted by atomic mass is 19.1. The van der Waals surface area contributed by atoms with Gasteiger partial charge in [-0.2, -0.15) is 4.80 Å². The number of amides is 2. The van der Waals surface area contributed by atoms with E-state index in [1.54, 1.807) is 42.6 Å². The number of ether oxygens (including phenoxy) is 1. The summed E-state index contributed by atoms with van der Waals surface area (Å²) in [6.07, 6.45) is 1.56. The zero-order valence-corrected chi connectivity index (χ0v) is 24.4. The number of carbonyl (C=O) groups excluding carboxylic acids is 2. The molecular formula is C32H32FN7O3. The Bertz CT molecular complexity index is 1750. The lowest BCUT2D eigenvalue weighted by atomic mass is 10.0. The number of pyridine rings is 1. The lowest BCUT2D eigenvalue weighted by Crippen LogP contribution is -2.50. The maximum absolute atomic E-state index is 14.4. The molecule has 10 nitrogen and oxygen atoms in total. The Balaban J connectivity index is 1.59. The monoisotopic (exact) mass is 581 g/mol. The summed E-state index contributed by atoms with van der Waals surface area (Å²) in [6, 6.07) is 21.3. The van der Waals surface area contributed by atoms with E-state index in [1.807, 2.05) is 58.0 Å². The molecule has 43 heavy (non-hydrogen) atoms. The summed E-state index contributed by atoms with van der Waals surface area (Å²) in [6.45, 7) is 7.61. The predicted molar refractivity (Wildman–Crippen MR) is 161 cm³/mol. The van der Waals surface area contributed by atoms with Gasteiger partial charge in [0.1, 0.15) is 24.2 Å². The Morgan fingerprint density at radius 2 is 1.74 bits per heavy atom. The van der Waals surface area contributed by atoms with Crippen LogP contribution in [-0.4, -0.2) is 49.2 Å². The molecule has 0 aliphatic rings. The molecule has 2 heterocycles. The minimum absolute atomic E-state index is 0.0401. The average molecular weight is 582 g/mol. The number of nitrogens with zero attached hydrogens (tertiary/aromatic N) is 6. The second-order valence-electron chi connectivity index (χ2n) is 10.9. The van der Waals surface area contributed by atoms with E-state index < -0.39 is 29.2 Å². The number of benzene rings is 3. The third kappa shape index (κ3) is 6.83. The molecule has 0 bridgehead atoms. The second-order valence-corrected chi connectivity index (χ2v) is 10.9. The van der Waals surface area contributed by atoms with Crippen LogP contribution < -0.4 is 15.0 Å². The molecule has 2 aromatic heterocycles. The Hall–Kier alpha value is -5.19. The van der Waals surface area contributed by atoms with Crippen molar-refractivity contribution in [3.05, 3.63) is 96.4 Å². The van der Waals surface area contributed by atoms with Gasteiger partial charge in [-0.1, -0.05) is 42.5 Å². The predicted octanol–water partition coefficient (Wildman–Crippen LogP) is 5.12. The number of tetrazole rings is 1. The van der Waals surface area contributed by atoms with E-state index in [4.69, 9.17) is 4.74 Å². The zero-order valence-electron chi connectivity index (χ0n) is 24.4. The SMILES string of the molecule is CCOc1ccc([C@H](C(=O)NC(C)(C)C)N(C(=O)Cn2nnc(-c3ccccc3F)n2)c2cnc3ccccc3c2)cc1. The van der Waals surface area contributed by atoms with Gasteiger partial charge < -0.3 is 10.1 Å². The number of aromatic nitrogens is 5. The minimum Gasteiger partial charge on any atom is -0.494 e. The smallest absolute Gasteiger partial charge is 0.251 e. The largest absolute Gasteiger partial charge is 0.494 e. The maximum Gasteiger partial charge on any atom is 0.251 e. The molecule has 1 N–H and O–H groups in total. The van der Waals surface area contributed by atoms with Gasteiger partial charge in [0.15, 0.2) is 0 Å². The topological polar surface area (TPSA) is 115 Å². The van der Waals surface area contributed by atoms with Gasteiger partial charge in [-0.05, 0) is 74.9 Å². The van der Waals surface area contributed by atoms with Gasteiger partial charge >= 0.3 is 0 Å². The van der Waals surface area contributed by atoms with E-state index in [1.165, 1.54) is 17.0 Å². The molecule has 5 rings (SSSR count). The number of halogens is 1. The van der Waals surface area contributed by atoms with Gasteiger partial charge in [0.25, 0.3) is 5.91 Å². The number of nitrogens with one attached hydrogen (secondary N) is 1. The number of para-hydroxylation sites is 1. The Morgan fingerprint density at radius 1 is 1.02 bits per heavy atom. The van der Waals surface area contributed by atoms with E-state index >= 15 is 0 Å². The number of fused-ring (bicyclic) bond motifs is 1. The first-order valence-electron chi connectivity index (χ1n) is 13.9. The normalized spacial score (nSPS) is 12.1. The summed E-state index contributed by atoms with van der Waals surface area (Å²) in [5.41, 5.74) is 1.28. The molecule has 1 atom stereocenters. The molecule has 3 aromatic carbocycles. The van der Waals surface area contributed by atoms with Crippen LogP contribution in [-0.2, 0) is 16.1 Å². The molecule has 0 saturated heterocycles. The van der Waals surface area contributed by atoms with Gasteiger partial charge in [-0.15, -0.1) is 10.2 Å². The van der Waals surface area contributed by atoms with Crippen LogP contribution in [0.25, 0.3) is 22.3 Å². The van der Waals surface area contributed by atoms with Crippen LogP contribution in [0.4, 0.5) is 10.1 Å².